The van der Waals surface area contributed by atoms with Gasteiger partial charge in [-0.2, -0.15) is 5.10 Å². The number of benzene rings is 1. The van der Waals surface area contributed by atoms with Crippen LogP contribution in [0.1, 0.15) is 5.69 Å². The van der Waals surface area contributed by atoms with E-state index in [-0.39, 0.29) is 6.61 Å². The lowest BCUT2D eigenvalue weighted by atomic mass is 10.0. The average molecular weight is 278 g/mol. The van der Waals surface area contributed by atoms with Gasteiger partial charge >= 0.3 is 0 Å². The molecule has 0 amide bonds. The molecule has 0 fully saturated rings. The van der Waals surface area contributed by atoms with Crippen LogP contribution in [0.25, 0.3) is 33.1 Å². The highest BCUT2D eigenvalue weighted by Gasteiger charge is 2.09. The van der Waals surface area contributed by atoms with Gasteiger partial charge in [0.1, 0.15) is 5.65 Å². The van der Waals surface area contributed by atoms with E-state index in [2.05, 4.69) is 27.2 Å². The summed E-state index contributed by atoms with van der Waals surface area (Å²) in [7, 11) is 1.92. The van der Waals surface area contributed by atoms with Crippen LogP contribution in [-0.4, -0.2) is 24.9 Å². The molecule has 0 unspecified atom stereocenters. The second kappa shape index (κ2) is 4.43. The first-order valence-corrected chi connectivity index (χ1v) is 6.76. The Morgan fingerprint density at radius 3 is 3.00 bits per heavy atom. The molecular weight excluding hydrogens is 264 g/mol. The largest absolute Gasteiger partial charge is 0.390 e. The van der Waals surface area contributed by atoms with Gasteiger partial charge in [0.15, 0.2) is 0 Å². The smallest absolute Gasteiger partial charge is 0.138 e. The van der Waals surface area contributed by atoms with Crippen LogP contribution >= 0.6 is 0 Å². The predicted octanol–water partition coefficient (Wildman–Crippen LogP) is 2.61. The standard InChI is InChI=1S/C16H14N4O/c1-20-8-11-6-10(2-5-15(11)19-20)14-7-17-16-13(14)4-3-12(9-21)18-16/h2-8,21H,9H2,1H3,(H,17,18). The van der Waals surface area contributed by atoms with Crippen molar-refractivity contribution in [3.63, 3.8) is 0 Å². The summed E-state index contributed by atoms with van der Waals surface area (Å²) in [5, 5.41) is 15.7. The Morgan fingerprint density at radius 1 is 1.24 bits per heavy atom. The van der Waals surface area contributed by atoms with E-state index in [9.17, 15) is 0 Å². The van der Waals surface area contributed by atoms with Crippen LogP contribution < -0.4 is 0 Å². The Bertz CT molecular complexity index is 951. The maximum Gasteiger partial charge on any atom is 0.138 e. The lowest BCUT2D eigenvalue weighted by Crippen LogP contribution is -1.88. The molecule has 4 rings (SSSR count). The fourth-order valence-electron chi connectivity index (χ4n) is 2.69. The van der Waals surface area contributed by atoms with Crippen LogP contribution in [-0.2, 0) is 13.7 Å². The minimum atomic E-state index is -0.0497. The third-order valence-corrected chi connectivity index (χ3v) is 3.69. The number of pyridine rings is 1. The third-order valence-electron chi connectivity index (χ3n) is 3.69. The number of aromatic nitrogens is 4. The Balaban J connectivity index is 1.90. The van der Waals surface area contributed by atoms with Crippen LogP contribution in [0.3, 0.4) is 0 Å². The van der Waals surface area contributed by atoms with Gasteiger partial charge in [0.2, 0.25) is 0 Å². The van der Waals surface area contributed by atoms with Gasteiger partial charge in [-0.3, -0.25) is 4.68 Å². The van der Waals surface area contributed by atoms with Crippen molar-refractivity contribution in [2.45, 2.75) is 6.61 Å². The molecule has 2 N–H and O–H groups in total. The van der Waals surface area contributed by atoms with Crippen molar-refractivity contribution in [1.29, 1.82) is 0 Å². The molecule has 1 aromatic carbocycles. The number of nitrogens with zero attached hydrogens (tertiary/aromatic N) is 3. The van der Waals surface area contributed by atoms with E-state index >= 15 is 0 Å². The number of hydrogen-bond donors (Lipinski definition) is 2. The number of nitrogens with one attached hydrogen (secondary N) is 1. The van der Waals surface area contributed by atoms with Crippen molar-refractivity contribution in [1.82, 2.24) is 19.7 Å². The van der Waals surface area contributed by atoms with Crippen LogP contribution in [0.15, 0.2) is 42.7 Å². The molecule has 104 valence electrons. The fraction of sp³-hybridized carbons (Fsp3) is 0.125. The van der Waals surface area contributed by atoms with Crippen molar-refractivity contribution in [2.75, 3.05) is 0 Å². The molecule has 5 nitrogen and oxygen atoms in total. The van der Waals surface area contributed by atoms with Crippen molar-refractivity contribution >= 4 is 21.9 Å². The number of aryl methyl sites for hydroxylation is 1. The third kappa shape index (κ3) is 1.90. The van der Waals surface area contributed by atoms with Crippen molar-refractivity contribution in [2.24, 2.45) is 7.05 Å². The number of aliphatic hydroxyl groups excluding tert-OH is 1. The van der Waals surface area contributed by atoms with Crippen molar-refractivity contribution < 1.29 is 5.11 Å². The molecule has 0 bridgehead atoms. The topological polar surface area (TPSA) is 66.7 Å². The summed E-state index contributed by atoms with van der Waals surface area (Å²) in [6.45, 7) is -0.0497. The monoisotopic (exact) mass is 278 g/mol. The minimum Gasteiger partial charge on any atom is -0.390 e. The van der Waals surface area contributed by atoms with Crippen LogP contribution in [0.2, 0.25) is 0 Å². The van der Waals surface area contributed by atoms with Crippen LogP contribution in [0.5, 0.6) is 0 Å². The Kier molecular flexibility index (Phi) is 2.55. The van der Waals surface area contributed by atoms with E-state index in [1.54, 1.807) is 0 Å². The summed E-state index contributed by atoms with van der Waals surface area (Å²) in [5.74, 6) is 0. The first-order valence-electron chi connectivity index (χ1n) is 6.76. The Hall–Kier alpha value is -2.66. The second-order valence-electron chi connectivity index (χ2n) is 5.14. The van der Waals surface area contributed by atoms with Gasteiger partial charge in [-0.15, -0.1) is 0 Å². The normalized spacial score (nSPS) is 11.5. The van der Waals surface area contributed by atoms with Gasteiger partial charge in [-0.1, -0.05) is 6.07 Å². The maximum absolute atomic E-state index is 9.16. The van der Waals surface area contributed by atoms with Gasteiger partial charge in [0.25, 0.3) is 0 Å². The Labute approximate surface area is 120 Å². The summed E-state index contributed by atoms with van der Waals surface area (Å²) in [6, 6.07) is 10.1. The lowest BCUT2D eigenvalue weighted by Gasteiger charge is -2.00. The van der Waals surface area contributed by atoms with E-state index in [0.29, 0.717) is 5.69 Å². The zero-order valence-corrected chi connectivity index (χ0v) is 11.5. The SMILES string of the molecule is Cn1cc2cc(-c3c[nH]c4nc(CO)ccc34)ccc2n1. The summed E-state index contributed by atoms with van der Waals surface area (Å²) >= 11 is 0. The molecule has 0 aliphatic rings. The van der Waals surface area contributed by atoms with E-state index < -0.39 is 0 Å². The molecule has 0 saturated heterocycles. The molecule has 0 atom stereocenters. The molecule has 0 aliphatic carbocycles. The molecule has 21 heavy (non-hydrogen) atoms. The highest BCUT2D eigenvalue weighted by molar-refractivity contribution is 5.96. The first-order chi connectivity index (χ1) is 10.2. The molecule has 0 spiro atoms. The predicted molar refractivity (Wildman–Crippen MR) is 81.7 cm³/mol. The number of H-pyrrole nitrogens is 1. The van der Waals surface area contributed by atoms with Crippen LogP contribution in [0.4, 0.5) is 0 Å². The van der Waals surface area contributed by atoms with E-state index in [1.807, 2.05) is 42.3 Å². The number of fused-ring (bicyclic) bond motifs is 2. The molecule has 0 saturated carbocycles. The van der Waals surface area contributed by atoms with Gasteiger partial charge in [0, 0.05) is 35.8 Å². The summed E-state index contributed by atoms with van der Waals surface area (Å²) < 4.78 is 1.82. The molecule has 0 aliphatic heterocycles. The average Bonchev–Trinajstić information content (AvgIpc) is 3.07. The molecule has 3 aromatic heterocycles. The van der Waals surface area contributed by atoms with Crippen molar-refractivity contribution in [3.05, 3.63) is 48.4 Å². The van der Waals surface area contributed by atoms with Gasteiger partial charge in [-0.05, 0) is 29.8 Å². The van der Waals surface area contributed by atoms with Gasteiger partial charge in [0.05, 0.1) is 17.8 Å². The van der Waals surface area contributed by atoms with Gasteiger partial charge in [-0.25, -0.2) is 4.98 Å². The molecule has 4 aromatic rings. The van der Waals surface area contributed by atoms with Gasteiger partial charge < -0.3 is 10.1 Å². The van der Waals surface area contributed by atoms with E-state index in [0.717, 1.165) is 33.1 Å². The van der Waals surface area contributed by atoms with Crippen LogP contribution in [0, 0.1) is 0 Å². The number of rotatable bonds is 2. The lowest BCUT2D eigenvalue weighted by molar-refractivity contribution is 0.277. The highest BCUT2D eigenvalue weighted by atomic mass is 16.3. The quantitative estimate of drug-likeness (QED) is 0.592. The number of aliphatic hydroxyl groups is 1. The summed E-state index contributed by atoms with van der Waals surface area (Å²) in [6.07, 6.45) is 3.96. The van der Waals surface area contributed by atoms with E-state index in [1.165, 1.54) is 0 Å². The Morgan fingerprint density at radius 2 is 2.14 bits per heavy atom. The molecular formula is C16H14N4O. The minimum absolute atomic E-state index is 0.0497. The molecule has 5 heteroatoms. The zero-order chi connectivity index (χ0) is 14.4. The highest BCUT2D eigenvalue weighted by Crippen LogP contribution is 2.30. The fourth-order valence-corrected chi connectivity index (χ4v) is 2.69. The molecule has 0 radical (unpaired) electrons. The number of aromatic amines is 1. The number of hydrogen-bond acceptors (Lipinski definition) is 3. The van der Waals surface area contributed by atoms with E-state index in [4.69, 9.17) is 5.11 Å². The molecule has 3 heterocycles. The first kappa shape index (κ1) is 12.1. The maximum atomic E-state index is 9.16. The second-order valence-corrected chi connectivity index (χ2v) is 5.14. The zero-order valence-electron chi connectivity index (χ0n) is 11.5. The summed E-state index contributed by atoms with van der Waals surface area (Å²) in [5.41, 5.74) is 4.68. The summed E-state index contributed by atoms with van der Waals surface area (Å²) in [4.78, 5) is 7.56. The van der Waals surface area contributed by atoms with Crippen molar-refractivity contribution in [3.8, 4) is 11.1 Å².